The highest BCUT2D eigenvalue weighted by Gasteiger charge is 2.16. The molecule has 18 heavy (non-hydrogen) atoms. The smallest absolute Gasteiger partial charge is 0.181 e. The van der Waals surface area contributed by atoms with Crippen molar-refractivity contribution in [3.63, 3.8) is 0 Å². The van der Waals surface area contributed by atoms with Crippen LogP contribution in [0, 0.1) is 5.41 Å². The summed E-state index contributed by atoms with van der Waals surface area (Å²) in [6.45, 7) is 6.08. The van der Waals surface area contributed by atoms with Crippen LogP contribution in [-0.4, -0.2) is 25.1 Å². The first-order valence-electron chi connectivity index (χ1n) is 6.26. The molecule has 1 aromatic carbocycles. The maximum atomic E-state index is 5.75. The minimum atomic E-state index is 0.185. The molecule has 98 valence electrons. The van der Waals surface area contributed by atoms with Crippen LogP contribution in [0.5, 0.6) is 0 Å². The lowest BCUT2D eigenvalue weighted by Crippen LogP contribution is -2.29. The molecule has 0 saturated heterocycles. The summed E-state index contributed by atoms with van der Waals surface area (Å²) in [5.74, 6) is 0. The zero-order valence-electron chi connectivity index (χ0n) is 11.3. The largest absolute Gasteiger partial charge is 0.443 e. The van der Waals surface area contributed by atoms with Gasteiger partial charge in [0.2, 0.25) is 0 Å². The van der Waals surface area contributed by atoms with Crippen LogP contribution in [0.4, 0.5) is 5.69 Å². The van der Waals surface area contributed by atoms with E-state index in [0.717, 1.165) is 29.8 Å². The second-order valence-electron chi connectivity index (χ2n) is 5.54. The molecule has 2 rings (SSSR count). The standard InChI is InChI=1S/C14H21N3O/c1-14(2,9-15)6-7-17(3)11-4-5-12-13(8-11)18-10-16-12/h4-5,8,10H,6-7,9,15H2,1-3H3. The number of oxazole rings is 1. The number of aromatic nitrogens is 1. The maximum Gasteiger partial charge on any atom is 0.181 e. The van der Waals surface area contributed by atoms with Crippen molar-refractivity contribution in [1.82, 2.24) is 4.98 Å². The number of nitrogens with two attached hydrogens (primary N) is 1. The lowest BCUT2D eigenvalue weighted by atomic mass is 9.89. The Morgan fingerprint density at radius 2 is 2.17 bits per heavy atom. The molecule has 2 N–H and O–H groups in total. The van der Waals surface area contributed by atoms with E-state index in [0.29, 0.717) is 6.54 Å². The molecule has 0 saturated carbocycles. The maximum absolute atomic E-state index is 5.75. The molecule has 0 aliphatic carbocycles. The summed E-state index contributed by atoms with van der Waals surface area (Å²) in [4.78, 5) is 6.34. The van der Waals surface area contributed by atoms with Crippen LogP contribution >= 0.6 is 0 Å². The van der Waals surface area contributed by atoms with Gasteiger partial charge >= 0.3 is 0 Å². The fourth-order valence-corrected chi connectivity index (χ4v) is 1.78. The number of fused-ring (bicyclic) bond motifs is 1. The first-order chi connectivity index (χ1) is 8.52. The molecule has 0 fully saturated rings. The molecule has 1 heterocycles. The molecule has 2 aromatic rings. The zero-order valence-corrected chi connectivity index (χ0v) is 11.3. The number of hydrogen-bond acceptors (Lipinski definition) is 4. The Balaban J connectivity index is 2.06. The molecule has 0 radical (unpaired) electrons. The van der Waals surface area contributed by atoms with Crippen LogP contribution in [0.15, 0.2) is 29.0 Å². The van der Waals surface area contributed by atoms with E-state index in [9.17, 15) is 0 Å². The van der Waals surface area contributed by atoms with Crippen LogP contribution < -0.4 is 10.6 Å². The van der Waals surface area contributed by atoms with Crippen LogP contribution in [-0.2, 0) is 0 Å². The van der Waals surface area contributed by atoms with Gasteiger partial charge in [0.05, 0.1) is 0 Å². The van der Waals surface area contributed by atoms with Gasteiger partial charge in [-0.15, -0.1) is 0 Å². The van der Waals surface area contributed by atoms with E-state index < -0.39 is 0 Å². The first kappa shape index (κ1) is 12.9. The Hall–Kier alpha value is -1.55. The lowest BCUT2D eigenvalue weighted by Gasteiger charge is -2.27. The highest BCUT2D eigenvalue weighted by molar-refractivity contribution is 5.76. The quantitative estimate of drug-likeness (QED) is 0.882. The Morgan fingerprint density at radius 1 is 1.39 bits per heavy atom. The van der Waals surface area contributed by atoms with Crippen LogP contribution in [0.1, 0.15) is 20.3 Å². The van der Waals surface area contributed by atoms with Gasteiger partial charge in [-0.05, 0) is 30.5 Å². The van der Waals surface area contributed by atoms with Crippen molar-refractivity contribution in [2.75, 3.05) is 25.0 Å². The number of nitrogens with zero attached hydrogens (tertiary/aromatic N) is 2. The van der Waals surface area contributed by atoms with Crippen molar-refractivity contribution in [2.24, 2.45) is 11.1 Å². The van der Waals surface area contributed by atoms with E-state index in [1.807, 2.05) is 12.1 Å². The molecule has 0 bridgehead atoms. The molecule has 0 amide bonds. The topological polar surface area (TPSA) is 55.3 Å². The number of anilines is 1. The normalized spacial score (nSPS) is 12.0. The first-order valence-corrected chi connectivity index (χ1v) is 6.26. The molecule has 4 heteroatoms. The molecular formula is C14H21N3O. The SMILES string of the molecule is CN(CCC(C)(C)CN)c1ccc2ncoc2c1. The molecule has 0 spiro atoms. The van der Waals surface area contributed by atoms with E-state index in [-0.39, 0.29) is 5.41 Å². The summed E-state index contributed by atoms with van der Waals surface area (Å²) in [6, 6.07) is 6.08. The second-order valence-corrected chi connectivity index (χ2v) is 5.54. The van der Waals surface area contributed by atoms with Gasteiger partial charge in [0.25, 0.3) is 0 Å². The third-order valence-corrected chi connectivity index (χ3v) is 3.43. The molecule has 0 unspecified atom stereocenters. The monoisotopic (exact) mass is 247 g/mol. The number of benzene rings is 1. The summed E-state index contributed by atoms with van der Waals surface area (Å²) in [6.07, 6.45) is 2.54. The van der Waals surface area contributed by atoms with Gasteiger partial charge in [0.1, 0.15) is 5.52 Å². The van der Waals surface area contributed by atoms with Crippen molar-refractivity contribution in [3.05, 3.63) is 24.6 Å². The zero-order chi connectivity index (χ0) is 13.2. The van der Waals surface area contributed by atoms with Crippen LogP contribution in [0.25, 0.3) is 11.1 Å². The van der Waals surface area contributed by atoms with Gasteiger partial charge in [-0.25, -0.2) is 4.98 Å². The number of rotatable bonds is 5. The molecule has 1 aromatic heterocycles. The predicted molar refractivity (Wildman–Crippen MR) is 74.7 cm³/mol. The third-order valence-electron chi connectivity index (χ3n) is 3.43. The molecular weight excluding hydrogens is 226 g/mol. The third kappa shape index (κ3) is 2.82. The fraction of sp³-hybridized carbons (Fsp3) is 0.500. The fourth-order valence-electron chi connectivity index (χ4n) is 1.78. The molecule has 0 aliphatic rings. The van der Waals surface area contributed by atoms with Gasteiger partial charge in [0, 0.05) is 25.3 Å². The highest BCUT2D eigenvalue weighted by atomic mass is 16.3. The van der Waals surface area contributed by atoms with Gasteiger partial charge < -0.3 is 15.1 Å². The molecule has 4 nitrogen and oxygen atoms in total. The Labute approximate surface area is 108 Å². The predicted octanol–water partition coefficient (Wildman–Crippen LogP) is 2.64. The van der Waals surface area contributed by atoms with Crippen LogP contribution in [0.2, 0.25) is 0 Å². The van der Waals surface area contributed by atoms with Gasteiger partial charge in [0.15, 0.2) is 12.0 Å². The Kier molecular flexibility index (Phi) is 3.57. The number of hydrogen-bond donors (Lipinski definition) is 1. The Morgan fingerprint density at radius 3 is 2.89 bits per heavy atom. The van der Waals surface area contributed by atoms with Gasteiger partial charge in [-0.2, -0.15) is 0 Å². The summed E-state index contributed by atoms with van der Waals surface area (Å²) in [5.41, 5.74) is 8.81. The lowest BCUT2D eigenvalue weighted by molar-refractivity contribution is 0.351. The molecule has 0 atom stereocenters. The second kappa shape index (κ2) is 4.98. The average molecular weight is 247 g/mol. The van der Waals surface area contributed by atoms with Crippen molar-refractivity contribution >= 4 is 16.8 Å². The van der Waals surface area contributed by atoms with E-state index in [2.05, 4.69) is 36.8 Å². The molecule has 0 aliphatic heterocycles. The van der Waals surface area contributed by atoms with E-state index in [4.69, 9.17) is 10.2 Å². The van der Waals surface area contributed by atoms with Crippen molar-refractivity contribution in [3.8, 4) is 0 Å². The summed E-state index contributed by atoms with van der Waals surface area (Å²) < 4.78 is 5.32. The van der Waals surface area contributed by atoms with Crippen molar-refractivity contribution < 1.29 is 4.42 Å². The van der Waals surface area contributed by atoms with E-state index in [1.54, 1.807) is 0 Å². The highest BCUT2D eigenvalue weighted by Crippen LogP contribution is 2.23. The summed E-state index contributed by atoms with van der Waals surface area (Å²) in [5, 5.41) is 0. The van der Waals surface area contributed by atoms with Crippen LogP contribution in [0.3, 0.4) is 0 Å². The van der Waals surface area contributed by atoms with Crippen molar-refractivity contribution in [2.45, 2.75) is 20.3 Å². The van der Waals surface area contributed by atoms with E-state index >= 15 is 0 Å². The van der Waals surface area contributed by atoms with Crippen molar-refractivity contribution in [1.29, 1.82) is 0 Å². The Bertz CT molecular complexity index is 518. The summed E-state index contributed by atoms with van der Waals surface area (Å²) >= 11 is 0. The minimum absolute atomic E-state index is 0.185. The van der Waals surface area contributed by atoms with E-state index in [1.165, 1.54) is 6.39 Å². The average Bonchev–Trinajstić information content (AvgIpc) is 2.83. The summed E-state index contributed by atoms with van der Waals surface area (Å²) in [7, 11) is 2.09. The van der Waals surface area contributed by atoms with Gasteiger partial charge in [-0.1, -0.05) is 13.8 Å². The minimum Gasteiger partial charge on any atom is -0.443 e. The van der Waals surface area contributed by atoms with Gasteiger partial charge in [-0.3, -0.25) is 0 Å².